The summed E-state index contributed by atoms with van der Waals surface area (Å²) in [5, 5.41) is 6.20. The van der Waals surface area contributed by atoms with Gasteiger partial charge in [0, 0.05) is 17.3 Å². The van der Waals surface area contributed by atoms with E-state index in [1.54, 1.807) is 35.7 Å². The summed E-state index contributed by atoms with van der Waals surface area (Å²) in [6, 6.07) is 7.22. The minimum atomic E-state index is -3.25. The molecule has 7 heteroatoms. The van der Waals surface area contributed by atoms with Crippen LogP contribution in [0.25, 0.3) is 0 Å². The zero-order valence-electron chi connectivity index (χ0n) is 10.6. The molecule has 1 aromatic heterocycles. The van der Waals surface area contributed by atoms with E-state index < -0.39 is 10.0 Å². The standard InChI is InChI=1S/C12H15N3O2S2/c1-9(12-13-6-7-18-12)14-10-4-3-5-11(8-10)15-19(2,16)17/h3-9,14-15H,1-2H3. The van der Waals surface area contributed by atoms with Gasteiger partial charge in [0.1, 0.15) is 5.01 Å². The van der Waals surface area contributed by atoms with Gasteiger partial charge in [-0.3, -0.25) is 4.72 Å². The number of anilines is 2. The summed E-state index contributed by atoms with van der Waals surface area (Å²) in [6.07, 6.45) is 2.89. The van der Waals surface area contributed by atoms with Crippen LogP contribution in [-0.2, 0) is 10.0 Å². The summed E-state index contributed by atoms with van der Waals surface area (Å²) in [5.41, 5.74) is 1.38. The van der Waals surface area contributed by atoms with Crippen molar-refractivity contribution in [2.75, 3.05) is 16.3 Å². The quantitative estimate of drug-likeness (QED) is 0.890. The fourth-order valence-corrected chi connectivity index (χ4v) is 2.85. The lowest BCUT2D eigenvalue weighted by molar-refractivity contribution is 0.607. The Kier molecular flexibility index (Phi) is 4.06. The second kappa shape index (κ2) is 5.58. The lowest BCUT2D eigenvalue weighted by atomic mass is 10.2. The topological polar surface area (TPSA) is 71.1 Å². The minimum Gasteiger partial charge on any atom is -0.376 e. The van der Waals surface area contributed by atoms with Crippen LogP contribution in [-0.4, -0.2) is 19.7 Å². The summed E-state index contributed by atoms with van der Waals surface area (Å²) in [7, 11) is -3.25. The van der Waals surface area contributed by atoms with Crippen molar-refractivity contribution < 1.29 is 8.42 Å². The average molecular weight is 297 g/mol. The minimum absolute atomic E-state index is 0.0773. The zero-order valence-corrected chi connectivity index (χ0v) is 12.3. The summed E-state index contributed by atoms with van der Waals surface area (Å²) in [4.78, 5) is 4.24. The molecule has 0 saturated heterocycles. The number of thiazole rings is 1. The van der Waals surface area contributed by atoms with Crippen LogP contribution in [0.1, 0.15) is 18.0 Å². The highest BCUT2D eigenvalue weighted by atomic mass is 32.2. The molecular formula is C12H15N3O2S2. The maximum absolute atomic E-state index is 11.2. The van der Waals surface area contributed by atoms with E-state index in [4.69, 9.17) is 0 Å². The molecular weight excluding hydrogens is 282 g/mol. The second-order valence-corrected chi connectivity index (χ2v) is 6.87. The van der Waals surface area contributed by atoms with Gasteiger partial charge < -0.3 is 5.32 Å². The van der Waals surface area contributed by atoms with Crippen LogP contribution in [0, 0.1) is 0 Å². The Morgan fingerprint density at radius 1 is 1.32 bits per heavy atom. The van der Waals surface area contributed by atoms with E-state index in [1.165, 1.54) is 0 Å². The van der Waals surface area contributed by atoms with Crippen LogP contribution in [0.2, 0.25) is 0 Å². The van der Waals surface area contributed by atoms with Crippen molar-refractivity contribution >= 4 is 32.7 Å². The first-order chi connectivity index (χ1) is 8.94. The first-order valence-corrected chi connectivity index (χ1v) is 8.45. The molecule has 2 aromatic rings. The van der Waals surface area contributed by atoms with Crippen molar-refractivity contribution in [1.29, 1.82) is 0 Å². The molecule has 0 bridgehead atoms. The molecule has 19 heavy (non-hydrogen) atoms. The molecule has 2 N–H and O–H groups in total. The van der Waals surface area contributed by atoms with Gasteiger partial charge in [-0.15, -0.1) is 11.3 Å². The van der Waals surface area contributed by atoms with Gasteiger partial charge in [-0.2, -0.15) is 0 Å². The SMILES string of the molecule is CC(Nc1cccc(NS(C)(=O)=O)c1)c1nccs1. The predicted molar refractivity (Wildman–Crippen MR) is 79.1 cm³/mol. The van der Waals surface area contributed by atoms with Crippen molar-refractivity contribution in [3.8, 4) is 0 Å². The monoisotopic (exact) mass is 297 g/mol. The smallest absolute Gasteiger partial charge is 0.229 e. The molecule has 1 aromatic carbocycles. The summed E-state index contributed by atoms with van der Waals surface area (Å²) < 4.78 is 24.8. The Hall–Kier alpha value is -1.60. The summed E-state index contributed by atoms with van der Waals surface area (Å²) in [6.45, 7) is 2.01. The van der Waals surface area contributed by atoms with Gasteiger partial charge in [0.25, 0.3) is 0 Å². The molecule has 1 heterocycles. The number of nitrogens with one attached hydrogen (secondary N) is 2. The number of hydrogen-bond acceptors (Lipinski definition) is 5. The first-order valence-electron chi connectivity index (χ1n) is 5.68. The Labute approximate surface area is 116 Å². The van der Waals surface area contributed by atoms with Crippen molar-refractivity contribution in [2.45, 2.75) is 13.0 Å². The van der Waals surface area contributed by atoms with Gasteiger partial charge in [0.15, 0.2) is 0 Å². The largest absolute Gasteiger partial charge is 0.376 e. The zero-order chi connectivity index (χ0) is 13.9. The number of hydrogen-bond donors (Lipinski definition) is 2. The molecule has 0 aliphatic rings. The van der Waals surface area contributed by atoms with Crippen molar-refractivity contribution in [3.05, 3.63) is 40.8 Å². The molecule has 102 valence electrons. The number of benzene rings is 1. The molecule has 0 aliphatic carbocycles. The van der Waals surface area contributed by atoms with Crippen LogP contribution in [0.3, 0.4) is 0 Å². The third kappa shape index (κ3) is 4.22. The lowest BCUT2D eigenvalue weighted by Crippen LogP contribution is -2.10. The van der Waals surface area contributed by atoms with E-state index >= 15 is 0 Å². The molecule has 0 spiro atoms. The molecule has 5 nitrogen and oxygen atoms in total. The van der Waals surface area contributed by atoms with E-state index in [0.717, 1.165) is 17.0 Å². The highest BCUT2D eigenvalue weighted by Gasteiger charge is 2.08. The highest BCUT2D eigenvalue weighted by Crippen LogP contribution is 2.23. The van der Waals surface area contributed by atoms with Gasteiger partial charge in [0.05, 0.1) is 18.0 Å². The third-order valence-electron chi connectivity index (χ3n) is 2.37. The van der Waals surface area contributed by atoms with E-state index in [9.17, 15) is 8.42 Å². The Balaban J connectivity index is 2.11. The molecule has 0 radical (unpaired) electrons. The van der Waals surface area contributed by atoms with E-state index in [0.29, 0.717) is 5.69 Å². The summed E-state index contributed by atoms with van der Waals surface area (Å²) in [5.74, 6) is 0. The average Bonchev–Trinajstić information content (AvgIpc) is 2.80. The third-order valence-corrected chi connectivity index (χ3v) is 3.94. The predicted octanol–water partition coefficient (Wildman–Crippen LogP) is 2.69. The molecule has 0 amide bonds. The van der Waals surface area contributed by atoms with Crippen LogP contribution in [0.15, 0.2) is 35.8 Å². The van der Waals surface area contributed by atoms with Crippen LogP contribution in [0.4, 0.5) is 11.4 Å². The van der Waals surface area contributed by atoms with Gasteiger partial charge in [-0.1, -0.05) is 6.07 Å². The molecule has 0 saturated carbocycles. The molecule has 1 unspecified atom stereocenters. The maximum atomic E-state index is 11.2. The number of nitrogens with zero attached hydrogens (tertiary/aromatic N) is 1. The van der Waals surface area contributed by atoms with Crippen LogP contribution < -0.4 is 10.0 Å². The number of aromatic nitrogens is 1. The van der Waals surface area contributed by atoms with E-state index in [2.05, 4.69) is 15.0 Å². The molecule has 2 rings (SSSR count). The van der Waals surface area contributed by atoms with E-state index in [1.807, 2.05) is 18.4 Å². The summed E-state index contributed by atoms with van der Waals surface area (Å²) >= 11 is 1.58. The first kappa shape index (κ1) is 13.8. The number of rotatable bonds is 5. The van der Waals surface area contributed by atoms with Crippen LogP contribution >= 0.6 is 11.3 Å². The van der Waals surface area contributed by atoms with Crippen molar-refractivity contribution in [3.63, 3.8) is 0 Å². The lowest BCUT2D eigenvalue weighted by Gasteiger charge is -2.14. The molecule has 1 atom stereocenters. The molecule has 0 fully saturated rings. The highest BCUT2D eigenvalue weighted by molar-refractivity contribution is 7.92. The van der Waals surface area contributed by atoms with Crippen molar-refractivity contribution in [2.24, 2.45) is 0 Å². The van der Waals surface area contributed by atoms with E-state index in [-0.39, 0.29) is 6.04 Å². The Morgan fingerprint density at radius 3 is 2.68 bits per heavy atom. The maximum Gasteiger partial charge on any atom is 0.229 e. The van der Waals surface area contributed by atoms with Gasteiger partial charge in [0.2, 0.25) is 10.0 Å². The normalized spacial score (nSPS) is 12.9. The number of sulfonamides is 1. The fraction of sp³-hybridized carbons (Fsp3) is 0.250. The van der Waals surface area contributed by atoms with Crippen LogP contribution in [0.5, 0.6) is 0 Å². The van der Waals surface area contributed by atoms with Gasteiger partial charge in [-0.25, -0.2) is 13.4 Å². The Morgan fingerprint density at radius 2 is 2.05 bits per heavy atom. The van der Waals surface area contributed by atoms with Crippen molar-refractivity contribution in [1.82, 2.24) is 4.98 Å². The van der Waals surface area contributed by atoms with Gasteiger partial charge in [-0.05, 0) is 25.1 Å². The second-order valence-electron chi connectivity index (χ2n) is 4.19. The fourth-order valence-electron chi connectivity index (χ4n) is 1.65. The van der Waals surface area contributed by atoms with Gasteiger partial charge >= 0.3 is 0 Å². The molecule has 0 aliphatic heterocycles. The Bertz CT molecular complexity index is 639.